The fourth-order valence-electron chi connectivity index (χ4n) is 3.57. The van der Waals surface area contributed by atoms with Gasteiger partial charge >= 0.3 is 0 Å². The Morgan fingerprint density at radius 1 is 1.30 bits per heavy atom. The highest BCUT2D eigenvalue weighted by Crippen LogP contribution is 2.32. The van der Waals surface area contributed by atoms with Gasteiger partial charge in [-0.15, -0.1) is 0 Å². The summed E-state index contributed by atoms with van der Waals surface area (Å²) in [5.74, 6) is -1.22. The van der Waals surface area contributed by atoms with Crippen molar-refractivity contribution in [1.29, 1.82) is 0 Å². The number of nitrogens with zero attached hydrogens (tertiary/aromatic N) is 1. The first-order valence-electron chi connectivity index (χ1n) is 9.20. The summed E-state index contributed by atoms with van der Waals surface area (Å²) < 4.78 is 0. The van der Waals surface area contributed by atoms with Gasteiger partial charge in [-0.3, -0.25) is 19.3 Å². The second kappa shape index (κ2) is 8.30. The highest BCUT2D eigenvalue weighted by molar-refractivity contribution is 6.24. The molecule has 3 amide bonds. The van der Waals surface area contributed by atoms with Gasteiger partial charge in [-0.2, -0.15) is 0 Å². The number of benzene rings is 1. The molecule has 3 rings (SSSR count). The number of imide groups is 1. The van der Waals surface area contributed by atoms with Crippen molar-refractivity contribution in [2.24, 2.45) is 0 Å². The molecule has 1 saturated heterocycles. The lowest BCUT2D eigenvalue weighted by Crippen LogP contribution is -2.41. The lowest BCUT2D eigenvalue weighted by Gasteiger charge is -2.25. The van der Waals surface area contributed by atoms with Crippen molar-refractivity contribution in [3.63, 3.8) is 0 Å². The molecular formula is C19H24N4O4. The third-order valence-electron chi connectivity index (χ3n) is 5.08. The van der Waals surface area contributed by atoms with Crippen LogP contribution < -0.4 is 16.0 Å². The maximum absolute atomic E-state index is 13.0. The Hall–Kier alpha value is -2.74. The molecule has 8 nitrogen and oxygen atoms in total. The van der Waals surface area contributed by atoms with Crippen LogP contribution in [0.15, 0.2) is 18.2 Å². The SMILES string of the molecule is CNC(=O)CCC(C=O)N1C(=O)c2cccc(NC3CCNCC3)c2C1=O. The molecule has 144 valence electrons. The molecule has 0 radical (unpaired) electrons. The maximum atomic E-state index is 13.0. The number of anilines is 1. The van der Waals surface area contributed by atoms with Crippen molar-refractivity contribution in [3.8, 4) is 0 Å². The summed E-state index contributed by atoms with van der Waals surface area (Å²) in [6.07, 6.45) is 2.58. The van der Waals surface area contributed by atoms with Crippen LogP contribution in [0.4, 0.5) is 5.69 Å². The van der Waals surface area contributed by atoms with Crippen molar-refractivity contribution in [2.45, 2.75) is 37.8 Å². The lowest BCUT2D eigenvalue weighted by atomic mass is 10.0. The van der Waals surface area contributed by atoms with E-state index < -0.39 is 17.9 Å². The largest absolute Gasteiger partial charge is 0.382 e. The number of hydrogen-bond acceptors (Lipinski definition) is 6. The summed E-state index contributed by atoms with van der Waals surface area (Å²) in [6, 6.07) is 4.39. The van der Waals surface area contributed by atoms with Crippen molar-refractivity contribution < 1.29 is 19.2 Å². The molecule has 27 heavy (non-hydrogen) atoms. The Bertz CT molecular complexity index is 758. The van der Waals surface area contributed by atoms with Gasteiger partial charge in [0.1, 0.15) is 6.29 Å². The maximum Gasteiger partial charge on any atom is 0.264 e. The molecule has 0 bridgehead atoms. The van der Waals surface area contributed by atoms with Gasteiger partial charge in [0.15, 0.2) is 0 Å². The van der Waals surface area contributed by atoms with Crippen LogP contribution in [0, 0.1) is 0 Å². The van der Waals surface area contributed by atoms with Crippen molar-refractivity contribution in [2.75, 3.05) is 25.5 Å². The van der Waals surface area contributed by atoms with Crippen LogP contribution >= 0.6 is 0 Å². The monoisotopic (exact) mass is 372 g/mol. The second-order valence-electron chi connectivity index (χ2n) is 6.79. The van der Waals surface area contributed by atoms with E-state index in [4.69, 9.17) is 0 Å². The molecule has 8 heteroatoms. The number of piperidine rings is 1. The van der Waals surface area contributed by atoms with Crippen molar-refractivity contribution >= 4 is 29.7 Å². The molecule has 0 spiro atoms. The number of rotatable bonds is 7. The second-order valence-corrected chi connectivity index (χ2v) is 6.79. The number of aldehydes is 1. The fourth-order valence-corrected chi connectivity index (χ4v) is 3.57. The molecule has 2 heterocycles. The van der Waals surface area contributed by atoms with Gasteiger partial charge < -0.3 is 20.7 Å². The Labute approximate surface area is 157 Å². The van der Waals surface area contributed by atoms with Crippen LogP contribution in [-0.4, -0.2) is 61.1 Å². The van der Waals surface area contributed by atoms with Crippen LogP contribution in [0.1, 0.15) is 46.4 Å². The quantitative estimate of drug-likeness (QED) is 0.476. The highest BCUT2D eigenvalue weighted by atomic mass is 16.2. The molecule has 1 aromatic carbocycles. The zero-order chi connectivity index (χ0) is 19.4. The van der Waals surface area contributed by atoms with Crippen LogP contribution in [0.2, 0.25) is 0 Å². The minimum Gasteiger partial charge on any atom is -0.382 e. The number of carbonyl (C=O) groups excluding carboxylic acids is 4. The van der Waals surface area contributed by atoms with Gasteiger partial charge in [0.2, 0.25) is 5.91 Å². The first-order valence-corrected chi connectivity index (χ1v) is 9.20. The first kappa shape index (κ1) is 19.0. The molecule has 3 N–H and O–H groups in total. The molecule has 0 aromatic heterocycles. The van der Waals surface area contributed by atoms with E-state index in [1.54, 1.807) is 18.2 Å². The molecule has 1 unspecified atom stereocenters. The normalized spacial score (nSPS) is 18.2. The van der Waals surface area contributed by atoms with Gasteiger partial charge in [-0.25, -0.2) is 0 Å². The third kappa shape index (κ3) is 3.85. The van der Waals surface area contributed by atoms with Gasteiger partial charge in [-0.05, 0) is 44.5 Å². The molecule has 2 aliphatic rings. The highest BCUT2D eigenvalue weighted by Gasteiger charge is 2.41. The van der Waals surface area contributed by atoms with E-state index in [9.17, 15) is 19.2 Å². The minimum absolute atomic E-state index is 0.0630. The third-order valence-corrected chi connectivity index (χ3v) is 5.08. The van der Waals surface area contributed by atoms with E-state index in [-0.39, 0.29) is 24.8 Å². The lowest BCUT2D eigenvalue weighted by molar-refractivity contribution is -0.121. The number of hydrogen-bond donors (Lipinski definition) is 3. The van der Waals surface area contributed by atoms with Crippen LogP contribution in [0.3, 0.4) is 0 Å². The predicted molar refractivity (Wildman–Crippen MR) is 99.6 cm³/mol. The molecule has 2 aliphatic heterocycles. The van der Waals surface area contributed by atoms with E-state index in [0.717, 1.165) is 30.8 Å². The van der Waals surface area contributed by atoms with E-state index >= 15 is 0 Å². The van der Waals surface area contributed by atoms with E-state index in [2.05, 4.69) is 16.0 Å². The van der Waals surface area contributed by atoms with Gasteiger partial charge in [0.05, 0.1) is 17.2 Å². The summed E-state index contributed by atoms with van der Waals surface area (Å²) in [4.78, 5) is 49.7. The van der Waals surface area contributed by atoms with Gasteiger partial charge in [-0.1, -0.05) is 6.07 Å². The topological polar surface area (TPSA) is 108 Å². The number of carbonyl (C=O) groups is 4. The van der Waals surface area contributed by atoms with Crippen molar-refractivity contribution in [3.05, 3.63) is 29.3 Å². The van der Waals surface area contributed by atoms with Crippen molar-refractivity contribution in [1.82, 2.24) is 15.5 Å². The number of amides is 3. The summed E-state index contributed by atoms with van der Waals surface area (Å²) in [6.45, 7) is 1.80. The number of nitrogens with one attached hydrogen (secondary N) is 3. The minimum atomic E-state index is -0.957. The Kier molecular flexibility index (Phi) is 5.85. The molecule has 1 aromatic rings. The first-order chi connectivity index (χ1) is 13.1. The van der Waals surface area contributed by atoms with Crippen LogP contribution in [0.5, 0.6) is 0 Å². The number of fused-ring (bicyclic) bond motifs is 1. The van der Waals surface area contributed by atoms with Crippen LogP contribution in [0.25, 0.3) is 0 Å². The van der Waals surface area contributed by atoms with Gasteiger partial charge in [0.25, 0.3) is 11.8 Å². The predicted octanol–water partition coefficient (Wildman–Crippen LogP) is 0.540. The summed E-state index contributed by atoms with van der Waals surface area (Å²) in [5.41, 5.74) is 1.23. The van der Waals surface area contributed by atoms with E-state index in [1.807, 2.05) is 0 Å². The smallest absolute Gasteiger partial charge is 0.264 e. The zero-order valence-corrected chi connectivity index (χ0v) is 15.3. The standard InChI is InChI=1S/C19H24N4O4/c1-20-16(25)6-5-13(11-24)23-18(26)14-3-2-4-15(17(14)19(23)27)22-12-7-9-21-10-8-12/h2-4,11-13,21-22H,5-10H2,1H3,(H,20,25). The summed E-state index contributed by atoms with van der Waals surface area (Å²) >= 11 is 0. The molecule has 0 saturated carbocycles. The summed E-state index contributed by atoms with van der Waals surface area (Å²) in [5, 5.41) is 9.13. The van der Waals surface area contributed by atoms with Crippen LogP contribution in [-0.2, 0) is 9.59 Å². The Balaban J connectivity index is 1.82. The fraction of sp³-hybridized carbons (Fsp3) is 0.474. The Morgan fingerprint density at radius 3 is 2.70 bits per heavy atom. The zero-order valence-electron chi connectivity index (χ0n) is 15.3. The summed E-state index contributed by atoms with van der Waals surface area (Å²) in [7, 11) is 1.50. The van der Waals surface area contributed by atoms with E-state index in [0.29, 0.717) is 23.1 Å². The molecule has 1 atom stereocenters. The average molecular weight is 372 g/mol. The Morgan fingerprint density at radius 2 is 2.04 bits per heavy atom. The molecule has 0 aliphatic carbocycles. The van der Waals surface area contributed by atoms with E-state index in [1.165, 1.54) is 7.05 Å². The molecular weight excluding hydrogens is 348 g/mol. The average Bonchev–Trinajstić information content (AvgIpc) is 2.95. The molecule has 1 fully saturated rings. The van der Waals surface area contributed by atoms with Gasteiger partial charge in [0, 0.05) is 25.2 Å².